The van der Waals surface area contributed by atoms with Crippen LogP contribution in [0, 0.1) is 0 Å². The van der Waals surface area contributed by atoms with Gasteiger partial charge in [-0.15, -0.1) is 11.3 Å². The second-order valence-electron chi connectivity index (χ2n) is 36.0. The molecule has 10 heterocycles. The highest BCUT2D eigenvalue weighted by Crippen LogP contribution is 2.46. The summed E-state index contributed by atoms with van der Waals surface area (Å²) in [6.45, 7) is 0. The second kappa shape index (κ2) is 36.0. The van der Waals surface area contributed by atoms with E-state index in [1.54, 1.807) is 0 Å². The van der Waals surface area contributed by atoms with Gasteiger partial charge < -0.3 is 9.13 Å². The monoisotopic (exact) mass is 1870 g/mol. The predicted molar refractivity (Wildman–Crippen MR) is 595 cm³/mol. The van der Waals surface area contributed by atoms with Crippen molar-refractivity contribution >= 4 is 140 Å². The number of hydrogen-bond donors (Lipinski definition) is 0. The van der Waals surface area contributed by atoms with Crippen molar-refractivity contribution in [1.29, 1.82) is 0 Å². The largest absolute Gasteiger partial charge is 0.309 e. The summed E-state index contributed by atoms with van der Waals surface area (Å²) in [5.41, 5.74) is 21.9. The van der Waals surface area contributed by atoms with E-state index in [-0.39, 0.29) is 0 Å². The SMILES string of the molecule is c1ccc(-c2ccc(-c3nc(-c4ccccc4)nc(-c4cccc(-n5c6ccccc6c6ccc7c8ccccc8sc7c65)c4)n3)cc2)cc1.c1ccc(-c2nc(-c3ccc(-n4c5ccccc5c5c6ccccc6ccc54)nc3)nc(-c3ccc4ccccc4c3)n2)cc1.c1ccc(-c2nc(-c3ccccc3)nc(-c3ccc(-n4c5ccccc5c5cc6c7ccccc7n(-c7ccccc7)c6cc54)nc3)n2)cc1. The molecule has 0 amide bonds. The van der Waals surface area contributed by atoms with Gasteiger partial charge in [0.1, 0.15) is 11.6 Å². The fourth-order valence-electron chi connectivity index (χ4n) is 20.5. The van der Waals surface area contributed by atoms with Crippen LogP contribution in [0.15, 0.2) is 492 Å². The lowest BCUT2D eigenvalue weighted by Crippen LogP contribution is -2.01. The maximum absolute atomic E-state index is 5.10. The number of para-hydroxylation sites is 5. The minimum Gasteiger partial charge on any atom is -0.309 e. The van der Waals surface area contributed by atoms with Gasteiger partial charge in [-0.1, -0.05) is 376 Å². The van der Waals surface area contributed by atoms with Crippen LogP contribution in [0.25, 0.3) is 266 Å². The van der Waals surface area contributed by atoms with E-state index in [0.717, 1.165) is 112 Å². The lowest BCUT2D eigenvalue weighted by atomic mass is 10.0. The first-order valence-electron chi connectivity index (χ1n) is 48.3. The number of aromatic nitrogens is 15. The van der Waals surface area contributed by atoms with E-state index in [9.17, 15) is 0 Å². The van der Waals surface area contributed by atoms with Gasteiger partial charge in [0.15, 0.2) is 52.4 Å². The molecule has 678 valence electrons. The molecule has 0 aliphatic rings. The third-order valence-corrected chi connectivity index (χ3v) is 28.5. The first-order valence-corrected chi connectivity index (χ1v) is 49.2. The Morgan fingerprint density at radius 3 is 1.04 bits per heavy atom. The lowest BCUT2D eigenvalue weighted by Gasteiger charge is -2.12. The van der Waals surface area contributed by atoms with E-state index in [4.69, 9.17) is 54.8 Å². The minimum atomic E-state index is 0.577. The number of benzene rings is 19. The zero-order valence-corrected chi connectivity index (χ0v) is 78.7. The summed E-state index contributed by atoms with van der Waals surface area (Å²) in [6, 6.07) is 166. The lowest BCUT2D eigenvalue weighted by molar-refractivity contribution is 1.05. The molecule has 0 atom stereocenters. The fraction of sp³-hybridized carbons (Fsp3) is 0. The number of fused-ring (bicyclic) bond motifs is 19. The van der Waals surface area contributed by atoms with Crippen molar-refractivity contribution in [3.05, 3.63) is 492 Å². The molecule has 0 saturated carbocycles. The highest BCUT2D eigenvalue weighted by Gasteiger charge is 2.26. The molecule has 0 aliphatic carbocycles. The summed E-state index contributed by atoms with van der Waals surface area (Å²) in [7, 11) is 0. The highest BCUT2D eigenvalue weighted by molar-refractivity contribution is 7.26. The predicted octanol–water partition coefficient (Wildman–Crippen LogP) is 32.1. The maximum Gasteiger partial charge on any atom is 0.165 e. The van der Waals surface area contributed by atoms with Gasteiger partial charge in [-0.3, -0.25) is 9.13 Å². The maximum atomic E-state index is 5.10. The van der Waals surface area contributed by atoms with Gasteiger partial charge in [0.25, 0.3) is 0 Å². The van der Waals surface area contributed by atoms with Crippen molar-refractivity contribution in [2.24, 2.45) is 0 Å². The zero-order valence-electron chi connectivity index (χ0n) is 77.9. The van der Waals surface area contributed by atoms with Crippen molar-refractivity contribution in [2.45, 2.75) is 0 Å². The van der Waals surface area contributed by atoms with Crippen molar-refractivity contribution in [3.8, 4) is 137 Å². The Labute approximate surface area is 835 Å². The summed E-state index contributed by atoms with van der Waals surface area (Å²) >= 11 is 1.86. The van der Waals surface area contributed by atoms with E-state index in [1.807, 2.05) is 157 Å². The third-order valence-electron chi connectivity index (χ3n) is 27.3. The van der Waals surface area contributed by atoms with Crippen LogP contribution in [0.5, 0.6) is 0 Å². The second-order valence-corrected chi connectivity index (χ2v) is 37.1. The molecule has 29 aromatic rings. The molecular formula is C129H81N15S. The van der Waals surface area contributed by atoms with E-state index >= 15 is 0 Å². The van der Waals surface area contributed by atoms with Crippen LogP contribution in [0.1, 0.15) is 0 Å². The molecule has 145 heavy (non-hydrogen) atoms. The first kappa shape index (κ1) is 84.7. The van der Waals surface area contributed by atoms with Gasteiger partial charge in [0.2, 0.25) is 0 Å². The van der Waals surface area contributed by atoms with Crippen LogP contribution < -0.4 is 0 Å². The Morgan fingerprint density at radius 2 is 0.510 bits per heavy atom. The molecule has 0 unspecified atom stereocenters. The van der Waals surface area contributed by atoms with Crippen LogP contribution >= 0.6 is 11.3 Å². The zero-order chi connectivity index (χ0) is 95.8. The quantitative estimate of drug-likeness (QED) is 0.102. The Balaban J connectivity index is 0.000000108. The number of rotatable bonds is 14. The summed E-state index contributed by atoms with van der Waals surface area (Å²) in [5, 5.41) is 17.1. The topological polar surface area (TPSA) is 162 Å². The smallest absolute Gasteiger partial charge is 0.165 e. The van der Waals surface area contributed by atoms with Crippen molar-refractivity contribution in [3.63, 3.8) is 0 Å². The van der Waals surface area contributed by atoms with Crippen molar-refractivity contribution in [2.75, 3.05) is 0 Å². The van der Waals surface area contributed by atoms with Gasteiger partial charge in [-0.25, -0.2) is 54.8 Å². The van der Waals surface area contributed by atoms with Gasteiger partial charge >= 0.3 is 0 Å². The summed E-state index contributed by atoms with van der Waals surface area (Å²) < 4.78 is 11.9. The molecule has 19 aromatic carbocycles. The van der Waals surface area contributed by atoms with E-state index in [2.05, 4.69) is 364 Å². The Bertz CT molecular complexity index is 10000. The highest BCUT2D eigenvalue weighted by atomic mass is 32.1. The third kappa shape index (κ3) is 15.4. The molecule has 15 nitrogen and oxygen atoms in total. The van der Waals surface area contributed by atoms with E-state index < -0.39 is 0 Å². The van der Waals surface area contributed by atoms with Gasteiger partial charge in [0.05, 0.1) is 48.8 Å². The molecule has 0 bridgehead atoms. The average molecular weight is 1870 g/mol. The van der Waals surface area contributed by atoms with E-state index in [1.165, 1.54) is 102 Å². The molecule has 0 fully saturated rings. The summed E-state index contributed by atoms with van der Waals surface area (Å²) in [6.07, 6.45) is 3.74. The average Bonchev–Trinajstić information content (AvgIpc) is 1.57. The van der Waals surface area contributed by atoms with Crippen molar-refractivity contribution in [1.82, 2.24) is 73.1 Å². The standard InChI is InChI=1S/C45H28N4S.C44H28N6.C40H25N5/c1-3-12-29(13-4-1)30-22-24-32(25-23-30)44-46-43(31-14-5-2-6-15-31)47-45(48-44)33-16-11-17-34(28-33)49-39-20-9-7-18-35(39)37-26-27-38-36-19-8-10-21-40(36)50-42(38)41(37)49;1-4-14-29(15-5-1)42-46-43(30-16-6-2-7-17-30)48-44(47-42)31-24-25-41(45-28-31)50-38-23-13-11-21-34(38)36-26-35-33-20-10-12-22-37(33)49(39(35)27-40(36)50)32-18-8-3-9-19-32;1-2-12-28(13-3-1)38-42-39(30-19-18-26-10-4-5-14-29(26)24-30)44-40(43-38)31-21-23-36(41-25-31)45-34-17-9-8-16-33(34)37-32-15-7-6-11-27(32)20-22-35(37)45/h2*1-28H;1-25H. The number of pyridine rings is 2. The number of hydrogen-bond acceptors (Lipinski definition) is 12. The van der Waals surface area contributed by atoms with Crippen LogP contribution in [0.4, 0.5) is 0 Å². The van der Waals surface area contributed by atoms with Crippen LogP contribution in [0.3, 0.4) is 0 Å². The molecule has 29 rings (SSSR count). The van der Waals surface area contributed by atoms with Crippen LogP contribution in [-0.2, 0) is 0 Å². The van der Waals surface area contributed by atoms with Crippen molar-refractivity contribution < 1.29 is 0 Å². The summed E-state index contributed by atoms with van der Waals surface area (Å²) in [5.74, 6) is 7.25. The van der Waals surface area contributed by atoms with E-state index in [0.29, 0.717) is 52.4 Å². The van der Waals surface area contributed by atoms with Gasteiger partial charge in [-0.2, -0.15) is 0 Å². The molecule has 10 aromatic heterocycles. The van der Waals surface area contributed by atoms with Gasteiger partial charge in [0, 0.05) is 132 Å². The first-order chi connectivity index (χ1) is 71.9. The normalized spacial score (nSPS) is 11.6. The molecule has 16 heteroatoms. The van der Waals surface area contributed by atoms with Gasteiger partial charge in [-0.05, 0) is 136 Å². The van der Waals surface area contributed by atoms with Crippen LogP contribution in [0.2, 0.25) is 0 Å². The number of thiophene rings is 1. The molecule has 0 aliphatic heterocycles. The Kier molecular flexibility index (Phi) is 21.0. The Morgan fingerprint density at radius 1 is 0.166 bits per heavy atom. The molecule has 0 spiro atoms. The molecule has 0 N–H and O–H groups in total. The Hall–Kier alpha value is -19.6. The number of nitrogens with zero attached hydrogens (tertiary/aromatic N) is 15. The van der Waals surface area contributed by atoms with Crippen LogP contribution in [-0.4, -0.2) is 73.1 Å². The fourth-order valence-corrected chi connectivity index (χ4v) is 21.8. The molecular weight excluding hydrogens is 1790 g/mol. The minimum absolute atomic E-state index is 0.577. The summed E-state index contributed by atoms with van der Waals surface area (Å²) in [4.78, 5) is 54.7. The molecule has 0 radical (unpaired) electrons. The molecule has 0 saturated heterocycles.